The Morgan fingerprint density at radius 2 is 2.08 bits per heavy atom. The fourth-order valence-corrected chi connectivity index (χ4v) is 3.30. The molecular weight excluding hydrogens is 300 g/mol. The van der Waals surface area contributed by atoms with Crippen LogP contribution in [0.25, 0.3) is 10.9 Å². The molecule has 4 nitrogen and oxygen atoms in total. The minimum Gasteiger partial charge on any atom is -0.484 e. The number of nitrogens with zero attached hydrogens (tertiary/aromatic N) is 2. The minimum absolute atomic E-state index is 0.0151. The zero-order chi connectivity index (χ0) is 16.5. The van der Waals surface area contributed by atoms with E-state index in [9.17, 15) is 4.79 Å². The highest BCUT2D eigenvalue weighted by Gasteiger charge is 2.30. The van der Waals surface area contributed by atoms with Crippen molar-refractivity contribution in [3.8, 4) is 5.75 Å². The van der Waals surface area contributed by atoms with Crippen LogP contribution in [0.15, 0.2) is 60.8 Å². The van der Waals surface area contributed by atoms with Gasteiger partial charge < -0.3 is 9.64 Å². The number of rotatable bonds is 3. The molecule has 1 aromatic heterocycles. The van der Waals surface area contributed by atoms with Gasteiger partial charge in [-0.1, -0.05) is 24.3 Å². The molecule has 1 unspecified atom stereocenters. The Labute approximate surface area is 140 Å². The smallest absolute Gasteiger partial charge is 0.265 e. The van der Waals surface area contributed by atoms with Crippen LogP contribution in [0.1, 0.15) is 12.5 Å². The molecule has 2 aromatic carbocycles. The number of carbonyl (C=O) groups excluding carboxylic acids is 1. The molecule has 0 radical (unpaired) electrons. The number of fused-ring (bicyclic) bond motifs is 2. The molecule has 0 saturated heterocycles. The summed E-state index contributed by atoms with van der Waals surface area (Å²) < 4.78 is 5.73. The molecule has 1 aliphatic heterocycles. The highest BCUT2D eigenvalue weighted by molar-refractivity contribution is 5.97. The van der Waals surface area contributed by atoms with Gasteiger partial charge in [0, 0.05) is 23.3 Å². The van der Waals surface area contributed by atoms with Crippen LogP contribution in [-0.2, 0) is 11.2 Å². The van der Waals surface area contributed by atoms with Crippen molar-refractivity contribution >= 4 is 22.5 Å². The highest BCUT2D eigenvalue weighted by Crippen LogP contribution is 2.31. The minimum atomic E-state index is -0.0151. The lowest BCUT2D eigenvalue weighted by atomic mass is 10.1. The van der Waals surface area contributed by atoms with Gasteiger partial charge in [-0.05, 0) is 49.2 Å². The van der Waals surface area contributed by atoms with Crippen LogP contribution >= 0.6 is 0 Å². The summed E-state index contributed by atoms with van der Waals surface area (Å²) >= 11 is 0. The lowest BCUT2D eigenvalue weighted by Gasteiger charge is -2.22. The van der Waals surface area contributed by atoms with Crippen LogP contribution < -0.4 is 9.64 Å². The van der Waals surface area contributed by atoms with Crippen LogP contribution in [-0.4, -0.2) is 23.5 Å². The average Bonchev–Trinajstić information content (AvgIpc) is 2.95. The highest BCUT2D eigenvalue weighted by atomic mass is 16.5. The molecule has 0 bridgehead atoms. The standard InChI is InChI=1S/C20H18N2O2/c1-14-11-16-5-2-3-7-19(16)22(14)20(23)13-24-17-8-9-18-15(12-17)6-4-10-21-18/h2-10,12,14H,11,13H2,1H3. The van der Waals surface area contributed by atoms with E-state index in [1.807, 2.05) is 53.4 Å². The van der Waals surface area contributed by atoms with Crippen LogP contribution in [0.5, 0.6) is 5.75 Å². The third kappa shape index (κ3) is 2.60. The van der Waals surface area contributed by atoms with Crippen molar-refractivity contribution < 1.29 is 9.53 Å². The van der Waals surface area contributed by atoms with E-state index < -0.39 is 0 Å². The quantitative estimate of drug-likeness (QED) is 0.741. The lowest BCUT2D eigenvalue weighted by Crippen LogP contribution is -2.39. The van der Waals surface area contributed by atoms with Crippen molar-refractivity contribution in [3.05, 3.63) is 66.4 Å². The number of anilines is 1. The first-order valence-corrected chi connectivity index (χ1v) is 8.10. The molecule has 120 valence electrons. The summed E-state index contributed by atoms with van der Waals surface area (Å²) in [6.45, 7) is 2.10. The van der Waals surface area contributed by atoms with Gasteiger partial charge in [-0.25, -0.2) is 0 Å². The van der Waals surface area contributed by atoms with Gasteiger partial charge in [0.1, 0.15) is 5.75 Å². The fourth-order valence-electron chi connectivity index (χ4n) is 3.30. The molecule has 0 aliphatic carbocycles. The molecule has 0 saturated carbocycles. The average molecular weight is 318 g/mol. The van der Waals surface area contributed by atoms with E-state index in [2.05, 4.69) is 18.0 Å². The van der Waals surface area contributed by atoms with Crippen LogP contribution in [0, 0.1) is 0 Å². The second-order valence-electron chi connectivity index (χ2n) is 6.09. The number of carbonyl (C=O) groups is 1. The van der Waals surface area contributed by atoms with E-state index >= 15 is 0 Å². The number of aromatic nitrogens is 1. The summed E-state index contributed by atoms with van der Waals surface area (Å²) in [6.07, 6.45) is 2.65. The number of hydrogen-bond acceptors (Lipinski definition) is 3. The Balaban J connectivity index is 1.50. The second-order valence-corrected chi connectivity index (χ2v) is 6.09. The number of amides is 1. The molecule has 4 heteroatoms. The van der Waals surface area contributed by atoms with Crippen LogP contribution in [0.3, 0.4) is 0 Å². The zero-order valence-electron chi connectivity index (χ0n) is 13.5. The third-order valence-corrected chi connectivity index (χ3v) is 4.41. The number of para-hydroxylation sites is 1. The molecule has 1 aliphatic rings. The van der Waals surface area contributed by atoms with Gasteiger partial charge in [0.05, 0.1) is 5.52 Å². The Morgan fingerprint density at radius 1 is 1.21 bits per heavy atom. The Kier molecular flexibility index (Phi) is 3.65. The fraction of sp³-hybridized carbons (Fsp3) is 0.200. The molecule has 1 atom stereocenters. The normalized spacial score (nSPS) is 16.2. The van der Waals surface area contributed by atoms with Gasteiger partial charge in [0.15, 0.2) is 6.61 Å². The first kappa shape index (κ1) is 14.7. The van der Waals surface area contributed by atoms with E-state index in [0.29, 0.717) is 5.75 Å². The second kappa shape index (κ2) is 5.96. The van der Waals surface area contributed by atoms with Gasteiger partial charge in [-0.2, -0.15) is 0 Å². The summed E-state index contributed by atoms with van der Waals surface area (Å²) in [5, 5.41) is 1.00. The van der Waals surface area contributed by atoms with Crippen molar-refractivity contribution in [1.29, 1.82) is 0 Å². The van der Waals surface area contributed by atoms with Crippen molar-refractivity contribution in [2.45, 2.75) is 19.4 Å². The van der Waals surface area contributed by atoms with Crippen molar-refractivity contribution in [1.82, 2.24) is 4.98 Å². The number of pyridine rings is 1. The monoisotopic (exact) mass is 318 g/mol. The predicted molar refractivity (Wildman–Crippen MR) is 94.3 cm³/mol. The number of benzene rings is 2. The molecular formula is C20H18N2O2. The van der Waals surface area contributed by atoms with Crippen molar-refractivity contribution in [2.24, 2.45) is 0 Å². The van der Waals surface area contributed by atoms with Crippen molar-refractivity contribution in [3.63, 3.8) is 0 Å². The summed E-state index contributed by atoms with van der Waals surface area (Å²) in [5.41, 5.74) is 3.13. The Morgan fingerprint density at radius 3 is 3.00 bits per heavy atom. The topological polar surface area (TPSA) is 42.4 Å². The van der Waals surface area contributed by atoms with Crippen molar-refractivity contribution in [2.75, 3.05) is 11.5 Å². The molecule has 0 spiro atoms. The maximum absolute atomic E-state index is 12.6. The Bertz CT molecular complexity index is 907. The molecule has 1 amide bonds. The van der Waals surface area contributed by atoms with E-state index in [4.69, 9.17) is 4.74 Å². The summed E-state index contributed by atoms with van der Waals surface area (Å²) in [4.78, 5) is 18.8. The van der Waals surface area contributed by atoms with Crippen LogP contribution in [0.2, 0.25) is 0 Å². The number of ether oxygens (including phenoxy) is 1. The summed E-state index contributed by atoms with van der Waals surface area (Å²) in [5.74, 6) is 0.669. The first-order chi connectivity index (χ1) is 11.7. The maximum Gasteiger partial charge on any atom is 0.265 e. The van der Waals surface area contributed by atoms with Gasteiger partial charge >= 0.3 is 0 Å². The summed E-state index contributed by atoms with van der Waals surface area (Å²) in [6, 6.07) is 17.8. The molecule has 4 rings (SSSR count). The van der Waals surface area contributed by atoms with Gasteiger partial charge in [-0.3, -0.25) is 9.78 Å². The van der Waals surface area contributed by atoms with Gasteiger partial charge in [0.2, 0.25) is 0 Å². The zero-order valence-corrected chi connectivity index (χ0v) is 13.5. The lowest BCUT2D eigenvalue weighted by molar-refractivity contribution is -0.120. The third-order valence-electron chi connectivity index (χ3n) is 4.41. The molecule has 3 aromatic rings. The van der Waals surface area contributed by atoms with E-state index in [1.54, 1.807) is 6.20 Å². The first-order valence-electron chi connectivity index (χ1n) is 8.10. The van der Waals surface area contributed by atoms with E-state index in [-0.39, 0.29) is 18.6 Å². The maximum atomic E-state index is 12.6. The van der Waals surface area contributed by atoms with E-state index in [1.165, 1.54) is 5.56 Å². The molecule has 0 fully saturated rings. The summed E-state index contributed by atoms with van der Waals surface area (Å²) in [7, 11) is 0. The SMILES string of the molecule is CC1Cc2ccccc2N1C(=O)COc1ccc2ncccc2c1. The van der Waals surface area contributed by atoms with Crippen LogP contribution in [0.4, 0.5) is 5.69 Å². The van der Waals surface area contributed by atoms with E-state index in [0.717, 1.165) is 23.0 Å². The predicted octanol–water partition coefficient (Wildman–Crippen LogP) is 3.59. The number of hydrogen-bond donors (Lipinski definition) is 0. The molecule has 0 N–H and O–H groups in total. The van der Waals surface area contributed by atoms with Gasteiger partial charge in [-0.15, -0.1) is 0 Å². The molecule has 2 heterocycles. The largest absolute Gasteiger partial charge is 0.484 e. The van der Waals surface area contributed by atoms with Gasteiger partial charge in [0.25, 0.3) is 5.91 Å². The molecule has 24 heavy (non-hydrogen) atoms. The Hall–Kier alpha value is -2.88.